The summed E-state index contributed by atoms with van der Waals surface area (Å²) < 4.78 is 12.7. The van der Waals surface area contributed by atoms with E-state index in [1.807, 2.05) is 18.2 Å². The van der Waals surface area contributed by atoms with Crippen LogP contribution in [0.2, 0.25) is 0 Å². The summed E-state index contributed by atoms with van der Waals surface area (Å²) in [6.07, 6.45) is 7.38. The molecular formula is C18H22INO2. The van der Waals surface area contributed by atoms with Crippen LogP contribution < -0.4 is 38.0 Å². The van der Waals surface area contributed by atoms with Crippen molar-refractivity contribution < 1.29 is 38.0 Å². The molecule has 0 saturated heterocycles. The average molecular weight is 411 g/mol. The molecule has 0 amide bonds. The topological polar surface area (TPSA) is 22.3 Å². The summed E-state index contributed by atoms with van der Waals surface area (Å²) in [4.78, 5) is 0. The SMILES string of the molecule is CCc1ccc(/C=C/c2ccc(OC)c(OC)c2)[n+](C)c1.[I-]. The van der Waals surface area contributed by atoms with Gasteiger partial charge in [-0.25, -0.2) is 4.57 Å². The van der Waals surface area contributed by atoms with Crippen LogP contribution >= 0.6 is 0 Å². The number of rotatable bonds is 5. The van der Waals surface area contributed by atoms with E-state index in [9.17, 15) is 0 Å². The molecule has 0 atom stereocenters. The Kier molecular flexibility index (Phi) is 7.38. The number of halogens is 1. The van der Waals surface area contributed by atoms with Crippen molar-refractivity contribution in [2.45, 2.75) is 13.3 Å². The van der Waals surface area contributed by atoms with Crippen LogP contribution in [0.1, 0.15) is 23.7 Å². The van der Waals surface area contributed by atoms with Gasteiger partial charge in [-0.3, -0.25) is 0 Å². The van der Waals surface area contributed by atoms with Crippen molar-refractivity contribution in [1.82, 2.24) is 0 Å². The Morgan fingerprint density at radius 2 is 1.73 bits per heavy atom. The average Bonchev–Trinajstić information content (AvgIpc) is 2.53. The number of hydrogen-bond donors (Lipinski definition) is 0. The van der Waals surface area contributed by atoms with Crippen molar-refractivity contribution >= 4 is 12.2 Å². The number of aryl methyl sites for hydroxylation is 2. The van der Waals surface area contributed by atoms with Gasteiger partial charge < -0.3 is 33.5 Å². The van der Waals surface area contributed by atoms with E-state index in [1.54, 1.807) is 14.2 Å². The van der Waals surface area contributed by atoms with Crippen molar-refractivity contribution in [3.05, 3.63) is 53.3 Å². The van der Waals surface area contributed by atoms with E-state index < -0.39 is 0 Å². The molecule has 118 valence electrons. The van der Waals surface area contributed by atoms with Crippen LogP contribution in [0.25, 0.3) is 12.2 Å². The first-order valence-electron chi connectivity index (χ1n) is 7.06. The van der Waals surface area contributed by atoms with E-state index in [-0.39, 0.29) is 24.0 Å². The summed E-state index contributed by atoms with van der Waals surface area (Å²) in [5.41, 5.74) is 3.56. The Hall–Kier alpha value is -1.56. The third-order valence-electron chi connectivity index (χ3n) is 3.50. The lowest BCUT2D eigenvalue weighted by atomic mass is 10.1. The Bertz CT molecular complexity index is 654. The minimum absolute atomic E-state index is 0. The van der Waals surface area contributed by atoms with Gasteiger partial charge in [0.05, 0.1) is 14.2 Å². The van der Waals surface area contributed by atoms with Gasteiger partial charge in [-0.05, 0) is 36.3 Å². The fourth-order valence-electron chi connectivity index (χ4n) is 2.20. The zero-order chi connectivity index (χ0) is 15.2. The van der Waals surface area contributed by atoms with Gasteiger partial charge in [-0.15, -0.1) is 0 Å². The van der Waals surface area contributed by atoms with E-state index in [0.29, 0.717) is 0 Å². The van der Waals surface area contributed by atoms with Gasteiger partial charge in [0.1, 0.15) is 7.05 Å². The molecule has 2 aromatic rings. The number of benzene rings is 1. The second-order valence-electron chi connectivity index (χ2n) is 4.87. The van der Waals surface area contributed by atoms with Gasteiger partial charge >= 0.3 is 0 Å². The van der Waals surface area contributed by atoms with Crippen LogP contribution in [0, 0.1) is 0 Å². The molecule has 0 bridgehead atoms. The monoisotopic (exact) mass is 411 g/mol. The number of nitrogens with zero attached hydrogens (tertiary/aromatic N) is 1. The lowest BCUT2D eigenvalue weighted by Crippen LogP contribution is -3.00. The summed E-state index contributed by atoms with van der Waals surface area (Å²) in [5, 5.41) is 0. The molecule has 2 rings (SSSR count). The summed E-state index contributed by atoms with van der Waals surface area (Å²) in [7, 11) is 5.35. The Labute approximate surface area is 149 Å². The molecule has 0 aliphatic rings. The fourth-order valence-corrected chi connectivity index (χ4v) is 2.20. The highest BCUT2D eigenvalue weighted by Crippen LogP contribution is 2.28. The van der Waals surface area contributed by atoms with Crippen LogP contribution in [-0.4, -0.2) is 14.2 Å². The third kappa shape index (κ3) is 4.47. The normalized spacial score (nSPS) is 10.4. The number of ether oxygens (including phenoxy) is 2. The first-order chi connectivity index (χ1) is 10.2. The molecule has 0 unspecified atom stereocenters. The minimum atomic E-state index is 0. The maximum absolute atomic E-state index is 5.32. The van der Waals surface area contributed by atoms with Crippen LogP contribution in [-0.2, 0) is 13.5 Å². The van der Waals surface area contributed by atoms with Crippen molar-refractivity contribution in [3.8, 4) is 11.5 Å². The van der Waals surface area contributed by atoms with Crippen molar-refractivity contribution in [3.63, 3.8) is 0 Å². The number of aromatic nitrogens is 1. The summed E-state index contributed by atoms with van der Waals surface area (Å²) in [6.45, 7) is 2.16. The Balaban J connectivity index is 0.00000242. The second kappa shape index (κ2) is 8.78. The summed E-state index contributed by atoms with van der Waals surface area (Å²) >= 11 is 0. The van der Waals surface area contributed by atoms with E-state index in [2.05, 4.69) is 49.0 Å². The van der Waals surface area contributed by atoms with Gasteiger partial charge in [0.25, 0.3) is 0 Å². The Morgan fingerprint density at radius 3 is 2.32 bits per heavy atom. The second-order valence-corrected chi connectivity index (χ2v) is 4.87. The van der Waals surface area contributed by atoms with Crippen LogP contribution in [0.3, 0.4) is 0 Å². The van der Waals surface area contributed by atoms with E-state index in [0.717, 1.165) is 29.2 Å². The van der Waals surface area contributed by atoms with Gasteiger partial charge in [0.2, 0.25) is 5.69 Å². The molecule has 0 fully saturated rings. The predicted molar refractivity (Wildman–Crippen MR) is 85.5 cm³/mol. The molecular weight excluding hydrogens is 389 g/mol. The number of pyridine rings is 1. The molecule has 0 aliphatic heterocycles. The molecule has 22 heavy (non-hydrogen) atoms. The summed E-state index contributed by atoms with van der Waals surface area (Å²) in [5.74, 6) is 1.48. The number of methoxy groups -OCH3 is 2. The molecule has 0 aliphatic carbocycles. The first kappa shape index (κ1) is 18.5. The van der Waals surface area contributed by atoms with Crippen LogP contribution in [0.5, 0.6) is 11.5 Å². The standard InChI is InChI=1S/C18H22NO2.HI/c1-5-14-6-9-16(19(2)13-14)10-7-15-8-11-17(20-3)18(12-15)21-4;/h6-13H,5H2,1-4H3;1H/q+1;/p-1/b10-7+;. The van der Waals surface area contributed by atoms with E-state index >= 15 is 0 Å². The zero-order valence-corrected chi connectivity index (χ0v) is 15.6. The largest absolute Gasteiger partial charge is 1.00 e. The highest BCUT2D eigenvalue weighted by molar-refractivity contribution is 5.68. The first-order valence-corrected chi connectivity index (χ1v) is 7.06. The smallest absolute Gasteiger partial charge is 0.204 e. The van der Waals surface area contributed by atoms with Gasteiger partial charge in [-0.2, -0.15) is 0 Å². The lowest BCUT2D eigenvalue weighted by Gasteiger charge is -2.07. The predicted octanol–water partition coefficient (Wildman–Crippen LogP) is 0.265. The van der Waals surface area contributed by atoms with Crippen LogP contribution in [0.4, 0.5) is 0 Å². The maximum atomic E-state index is 5.32. The van der Waals surface area contributed by atoms with Crippen molar-refractivity contribution in [2.24, 2.45) is 7.05 Å². The van der Waals surface area contributed by atoms with Gasteiger partial charge in [0, 0.05) is 17.7 Å². The molecule has 0 saturated carbocycles. The molecule has 0 radical (unpaired) electrons. The molecule has 4 heteroatoms. The highest BCUT2D eigenvalue weighted by atomic mass is 127. The van der Waals surface area contributed by atoms with Crippen molar-refractivity contribution in [2.75, 3.05) is 14.2 Å². The third-order valence-corrected chi connectivity index (χ3v) is 3.50. The Morgan fingerprint density at radius 1 is 1.00 bits per heavy atom. The molecule has 1 aromatic heterocycles. The summed E-state index contributed by atoms with van der Waals surface area (Å²) in [6, 6.07) is 10.2. The van der Waals surface area contributed by atoms with Gasteiger partial charge in [0.15, 0.2) is 17.7 Å². The molecule has 1 aromatic carbocycles. The number of hydrogen-bond acceptors (Lipinski definition) is 2. The molecule has 0 N–H and O–H groups in total. The highest BCUT2D eigenvalue weighted by Gasteiger charge is 2.05. The minimum Gasteiger partial charge on any atom is -1.00 e. The maximum Gasteiger partial charge on any atom is 0.204 e. The fraction of sp³-hybridized carbons (Fsp3) is 0.278. The molecule has 3 nitrogen and oxygen atoms in total. The lowest BCUT2D eigenvalue weighted by molar-refractivity contribution is -0.673. The van der Waals surface area contributed by atoms with E-state index in [4.69, 9.17) is 9.47 Å². The molecule has 0 spiro atoms. The molecule has 1 heterocycles. The zero-order valence-electron chi connectivity index (χ0n) is 13.5. The van der Waals surface area contributed by atoms with Crippen LogP contribution in [0.15, 0.2) is 36.5 Å². The van der Waals surface area contributed by atoms with Crippen molar-refractivity contribution in [1.29, 1.82) is 0 Å². The van der Waals surface area contributed by atoms with Gasteiger partial charge in [-0.1, -0.05) is 13.0 Å². The van der Waals surface area contributed by atoms with E-state index in [1.165, 1.54) is 5.56 Å². The quantitative estimate of drug-likeness (QED) is 0.521.